The van der Waals surface area contributed by atoms with Crippen LogP contribution < -0.4 is 4.74 Å². The van der Waals surface area contributed by atoms with Crippen molar-refractivity contribution >= 4 is 22.9 Å². The van der Waals surface area contributed by atoms with Crippen molar-refractivity contribution in [1.82, 2.24) is 4.98 Å². The molecule has 0 aliphatic rings. The molecule has 0 saturated heterocycles. The second-order valence-electron chi connectivity index (χ2n) is 7.35. The minimum Gasteiger partial charge on any atom is -0.494 e. The molecule has 1 aromatic heterocycles. The zero-order valence-corrected chi connectivity index (χ0v) is 16.9. The van der Waals surface area contributed by atoms with Crippen molar-refractivity contribution in [2.24, 2.45) is 0 Å². The Kier molecular flexibility index (Phi) is 8.11. The summed E-state index contributed by atoms with van der Waals surface area (Å²) in [5, 5.41) is 2.46. The molecular weight excluding hydrogens is 342 g/mol. The number of fused-ring (bicyclic) bond motifs is 1. The van der Waals surface area contributed by atoms with E-state index in [1.165, 1.54) is 54.9 Å². The van der Waals surface area contributed by atoms with Crippen molar-refractivity contribution in [3.8, 4) is 5.75 Å². The molecule has 0 atom stereocenters. The molecule has 0 spiro atoms. The van der Waals surface area contributed by atoms with Crippen molar-refractivity contribution in [3.05, 3.63) is 72.1 Å². The number of unbranched alkanes of at least 4 members (excludes halogenated alkanes) is 6. The topological polar surface area (TPSA) is 22.1 Å². The summed E-state index contributed by atoms with van der Waals surface area (Å²) in [7, 11) is 0. The maximum Gasteiger partial charge on any atom is 0.119 e. The smallest absolute Gasteiger partial charge is 0.119 e. The second kappa shape index (κ2) is 11.3. The molecule has 28 heavy (non-hydrogen) atoms. The fraction of sp³-hybridized carbons (Fsp3) is 0.346. The third-order valence-corrected chi connectivity index (χ3v) is 5.03. The van der Waals surface area contributed by atoms with Gasteiger partial charge in [0.15, 0.2) is 0 Å². The van der Waals surface area contributed by atoms with Gasteiger partial charge in [0, 0.05) is 12.4 Å². The van der Waals surface area contributed by atoms with Crippen LogP contribution in [0.5, 0.6) is 5.75 Å². The van der Waals surface area contributed by atoms with E-state index in [4.69, 9.17) is 4.74 Å². The highest BCUT2D eigenvalue weighted by atomic mass is 16.5. The van der Waals surface area contributed by atoms with Crippen LogP contribution in [0, 0.1) is 0 Å². The van der Waals surface area contributed by atoms with E-state index in [1.54, 1.807) is 0 Å². The zero-order valence-electron chi connectivity index (χ0n) is 16.9. The van der Waals surface area contributed by atoms with Gasteiger partial charge in [-0.25, -0.2) is 0 Å². The van der Waals surface area contributed by atoms with Crippen LogP contribution in [0.25, 0.3) is 22.9 Å². The van der Waals surface area contributed by atoms with E-state index in [1.807, 2.05) is 24.5 Å². The molecule has 0 bridgehead atoms. The molecule has 0 fully saturated rings. The molecule has 0 aliphatic heterocycles. The number of benzene rings is 2. The SMILES string of the molecule is CCCCCCCCCOc1ccc2cc(/C=C/c3ccncc3)ccc2c1. The van der Waals surface area contributed by atoms with Crippen LogP contribution in [0.1, 0.15) is 63.0 Å². The molecule has 0 unspecified atom stereocenters. The van der Waals surface area contributed by atoms with Gasteiger partial charge >= 0.3 is 0 Å². The summed E-state index contributed by atoms with van der Waals surface area (Å²) in [6.45, 7) is 3.07. The van der Waals surface area contributed by atoms with E-state index < -0.39 is 0 Å². The number of aromatic nitrogens is 1. The third kappa shape index (κ3) is 6.53. The monoisotopic (exact) mass is 373 g/mol. The van der Waals surface area contributed by atoms with Crippen LogP contribution in [0.3, 0.4) is 0 Å². The fourth-order valence-electron chi connectivity index (χ4n) is 3.35. The van der Waals surface area contributed by atoms with Gasteiger partial charge in [0.2, 0.25) is 0 Å². The second-order valence-corrected chi connectivity index (χ2v) is 7.35. The van der Waals surface area contributed by atoms with Crippen LogP contribution >= 0.6 is 0 Å². The molecule has 0 amide bonds. The highest BCUT2D eigenvalue weighted by Crippen LogP contribution is 2.23. The average molecular weight is 374 g/mol. The standard InChI is InChI=1S/C26H31NO/c1-2-3-4-5-6-7-8-19-28-26-14-13-24-20-23(11-12-25(24)21-26)10-9-22-15-17-27-18-16-22/h9-18,20-21H,2-8,19H2,1H3/b10-9+. The summed E-state index contributed by atoms with van der Waals surface area (Å²) in [5.74, 6) is 0.971. The van der Waals surface area contributed by atoms with Crippen LogP contribution in [0.2, 0.25) is 0 Å². The lowest BCUT2D eigenvalue weighted by atomic mass is 10.1. The minimum absolute atomic E-state index is 0.812. The summed E-state index contributed by atoms with van der Waals surface area (Å²) in [6, 6.07) is 16.9. The van der Waals surface area contributed by atoms with E-state index in [0.717, 1.165) is 24.3 Å². The molecule has 3 rings (SSSR count). The normalized spacial score (nSPS) is 11.3. The van der Waals surface area contributed by atoms with E-state index in [9.17, 15) is 0 Å². The number of hydrogen-bond donors (Lipinski definition) is 0. The van der Waals surface area contributed by atoms with Gasteiger partial charge in [-0.1, -0.05) is 75.8 Å². The first-order valence-electron chi connectivity index (χ1n) is 10.6. The molecule has 2 aromatic carbocycles. The molecular formula is C26H31NO. The van der Waals surface area contributed by atoms with E-state index >= 15 is 0 Å². The Bertz CT molecular complexity index is 870. The molecule has 0 saturated carbocycles. The van der Waals surface area contributed by atoms with Gasteiger partial charge in [-0.2, -0.15) is 0 Å². The predicted molar refractivity (Wildman–Crippen MR) is 121 cm³/mol. The maximum atomic E-state index is 5.96. The first-order chi connectivity index (χ1) is 13.8. The Labute approximate surface area is 169 Å². The Morgan fingerprint density at radius 2 is 1.39 bits per heavy atom. The summed E-state index contributed by atoms with van der Waals surface area (Å²) in [6.07, 6.45) is 17.0. The highest BCUT2D eigenvalue weighted by molar-refractivity contribution is 5.87. The number of pyridine rings is 1. The summed E-state index contributed by atoms with van der Waals surface area (Å²) in [4.78, 5) is 4.05. The van der Waals surface area contributed by atoms with Crippen LogP contribution in [-0.4, -0.2) is 11.6 Å². The Morgan fingerprint density at radius 1 is 0.714 bits per heavy atom. The Morgan fingerprint density at radius 3 is 2.21 bits per heavy atom. The van der Waals surface area contributed by atoms with Crippen LogP contribution in [0.15, 0.2) is 60.9 Å². The molecule has 0 aliphatic carbocycles. The Balaban J connectivity index is 1.49. The number of ether oxygens (including phenoxy) is 1. The first-order valence-corrected chi connectivity index (χ1v) is 10.6. The average Bonchev–Trinajstić information content (AvgIpc) is 2.74. The van der Waals surface area contributed by atoms with Gasteiger partial charge in [0.05, 0.1) is 6.61 Å². The molecule has 1 heterocycles. The quantitative estimate of drug-likeness (QED) is 0.324. The van der Waals surface area contributed by atoms with Crippen molar-refractivity contribution in [1.29, 1.82) is 0 Å². The number of rotatable bonds is 11. The van der Waals surface area contributed by atoms with Crippen LogP contribution in [0.4, 0.5) is 0 Å². The largest absolute Gasteiger partial charge is 0.494 e. The van der Waals surface area contributed by atoms with Gasteiger partial charge in [0.1, 0.15) is 5.75 Å². The van der Waals surface area contributed by atoms with Gasteiger partial charge < -0.3 is 4.74 Å². The lowest BCUT2D eigenvalue weighted by Crippen LogP contribution is -1.97. The molecule has 2 heteroatoms. The maximum absolute atomic E-state index is 5.96. The van der Waals surface area contributed by atoms with Gasteiger partial charge in [-0.3, -0.25) is 4.98 Å². The van der Waals surface area contributed by atoms with Gasteiger partial charge in [-0.15, -0.1) is 0 Å². The molecule has 0 N–H and O–H groups in total. The van der Waals surface area contributed by atoms with E-state index in [0.29, 0.717) is 0 Å². The molecule has 0 radical (unpaired) electrons. The summed E-state index contributed by atoms with van der Waals surface area (Å²) >= 11 is 0. The van der Waals surface area contributed by atoms with E-state index in [-0.39, 0.29) is 0 Å². The fourth-order valence-corrected chi connectivity index (χ4v) is 3.35. The third-order valence-electron chi connectivity index (χ3n) is 5.03. The Hall–Kier alpha value is -2.61. The summed E-state index contributed by atoms with van der Waals surface area (Å²) < 4.78 is 5.96. The summed E-state index contributed by atoms with van der Waals surface area (Å²) in [5.41, 5.74) is 2.35. The van der Waals surface area contributed by atoms with Gasteiger partial charge in [-0.05, 0) is 58.7 Å². The number of nitrogens with zero attached hydrogens (tertiary/aromatic N) is 1. The first kappa shape index (κ1) is 20.1. The predicted octanol–water partition coefficient (Wildman–Crippen LogP) is 7.53. The van der Waals surface area contributed by atoms with E-state index in [2.05, 4.69) is 60.5 Å². The van der Waals surface area contributed by atoms with Crippen molar-refractivity contribution in [3.63, 3.8) is 0 Å². The highest BCUT2D eigenvalue weighted by Gasteiger charge is 1.99. The van der Waals surface area contributed by atoms with Crippen molar-refractivity contribution in [2.45, 2.75) is 51.9 Å². The van der Waals surface area contributed by atoms with Crippen LogP contribution in [-0.2, 0) is 0 Å². The lowest BCUT2D eigenvalue weighted by molar-refractivity contribution is 0.304. The molecule has 146 valence electrons. The lowest BCUT2D eigenvalue weighted by Gasteiger charge is -2.08. The zero-order chi connectivity index (χ0) is 19.4. The molecule has 3 aromatic rings. The van der Waals surface area contributed by atoms with Crippen molar-refractivity contribution < 1.29 is 4.74 Å². The van der Waals surface area contributed by atoms with Gasteiger partial charge in [0.25, 0.3) is 0 Å². The molecule has 2 nitrogen and oxygen atoms in total. The van der Waals surface area contributed by atoms with Crippen molar-refractivity contribution in [2.75, 3.05) is 6.61 Å². The minimum atomic E-state index is 0.812. The number of hydrogen-bond acceptors (Lipinski definition) is 2.